The van der Waals surface area contributed by atoms with Crippen molar-refractivity contribution in [3.8, 4) is 0 Å². The minimum atomic E-state index is -0.493. The van der Waals surface area contributed by atoms with E-state index < -0.39 is 5.41 Å². The van der Waals surface area contributed by atoms with E-state index in [0.29, 0.717) is 12.8 Å². The average Bonchev–Trinajstić information content (AvgIpc) is 2.66. The lowest BCUT2D eigenvalue weighted by Gasteiger charge is -2.26. The first-order valence-corrected chi connectivity index (χ1v) is 6.53. The van der Waals surface area contributed by atoms with E-state index in [1.807, 2.05) is 30.4 Å². The average molecular weight is 248 g/mol. The molecule has 0 aliphatic heterocycles. The molecule has 0 atom stereocenters. The number of allylic oxidation sites excluding steroid dienone is 2. The third-order valence-electron chi connectivity index (χ3n) is 4.09. The Morgan fingerprint density at radius 1 is 1.00 bits per heavy atom. The fraction of sp³-hybridized carbons (Fsp3) is 0.167. The number of ketones is 1. The molecule has 1 aliphatic rings. The van der Waals surface area contributed by atoms with Crippen molar-refractivity contribution in [1.82, 2.24) is 0 Å². The highest BCUT2D eigenvalue weighted by molar-refractivity contribution is 6.20. The van der Waals surface area contributed by atoms with E-state index in [1.165, 1.54) is 0 Å². The van der Waals surface area contributed by atoms with E-state index >= 15 is 0 Å². The number of rotatable bonds is 4. The highest BCUT2D eigenvalue weighted by Crippen LogP contribution is 2.46. The minimum absolute atomic E-state index is 0.208. The molecule has 0 bridgehead atoms. The second kappa shape index (κ2) is 4.20. The Morgan fingerprint density at radius 3 is 2.26 bits per heavy atom. The lowest BCUT2D eigenvalue weighted by molar-refractivity contribution is 0.0897. The van der Waals surface area contributed by atoms with Gasteiger partial charge in [-0.05, 0) is 29.2 Å². The zero-order chi connectivity index (χ0) is 13.5. The highest BCUT2D eigenvalue weighted by Gasteiger charge is 2.45. The molecule has 0 radical (unpaired) electrons. The summed E-state index contributed by atoms with van der Waals surface area (Å²) in [5.74, 6) is 0.208. The zero-order valence-electron chi connectivity index (χ0n) is 10.9. The van der Waals surface area contributed by atoms with Crippen LogP contribution >= 0.6 is 0 Å². The summed E-state index contributed by atoms with van der Waals surface area (Å²) in [5, 5.41) is 2.25. The first-order valence-electron chi connectivity index (χ1n) is 6.53. The number of Topliss-reactive ketones (excluding diaryl/α,β-unsaturated/α-hetero) is 1. The Hall–Kier alpha value is -2.15. The summed E-state index contributed by atoms with van der Waals surface area (Å²) >= 11 is 0. The monoisotopic (exact) mass is 248 g/mol. The van der Waals surface area contributed by atoms with Crippen molar-refractivity contribution in [1.29, 1.82) is 0 Å². The molecule has 0 saturated heterocycles. The highest BCUT2D eigenvalue weighted by atomic mass is 16.1. The molecule has 94 valence electrons. The molecular formula is C18H16O. The number of hydrogen-bond acceptors (Lipinski definition) is 1. The van der Waals surface area contributed by atoms with Crippen LogP contribution in [0.4, 0.5) is 0 Å². The van der Waals surface area contributed by atoms with E-state index in [9.17, 15) is 4.79 Å². The van der Waals surface area contributed by atoms with Gasteiger partial charge in [-0.3, -0.25) is 4.79 Å². The van der Waals surface area contributed by atoms with Gasteiger partial charge in [0.05, 0.1) is 5.41 Å². The fourth-order valence-electron chi connectivity index (χ4n) is 3.29. The molecule has 0 amide bonds. The normalized spacial score (nSPS) is 15.7. The van der Waals surface area contributed by atoms with Crippen molar-refractivity contribution in [3.63, 3.8) is 0 Å². The molecule has 0 spiro atoms. The van der Waals surface area contributed by atoms with Gasteiger partial charge in [-0.15, -0.1) is 13.2 Å². The molecule has 19 heavy (non-hydrogen) atoms. The van der Waals surface area contributed by atoms with Crippen molar-refractivity contribution >= 4 is 16.6 Å². The summed E-state index contributed by atoms with van der Waals surface area (Å²) < 4.78 is 0. The lowest BCUT2D eigenvalue weighted by atomic mass is 9.74. The SMILES string of the molecule is C=CCC1(CC=C)C(=O)c2cccc3cccc1c23. The molecule has 3 rings (SSSR count). The first-order chi connectivity index (χ1) is 9.24. The van der Waals surface area contributed by atoms with Gasteiger partial charge in [0.15, 0.2) is 5.78 Å². The topological polar surface area (TPSA) is 17.1 Å². The van der Waals surface area contributed by atoms with E-state index in [2.05, 4.69) is 31.4 Å². The molecule has 0 heterocycles. The third-order valence-corrected chi connectivity index (χ3v) is 4.09. The minimum Gasteiger partial charge on any atom is -0.293 e. The number of carbonyl (C=O) groups is 1. The zero-order valence-corrected chi connectivity index (χ0v) is 10.9. The van der Waals surface area contributed by atoms with Crippen molar-refractivity contribution in [2.24, 2.45) is 0 Å². The second-order valence-electron chi connectivity index (χ2n) is 5.11. The van der Waals surface area contributed by atoms with Crippen LogP contribution in [0.25, 0.3) is 10.8 Å². The van der Waals surface area contributed by atoms with Crippen molar-refractivity contribution < 1.29 is 4.79 Å². The standard InChI is InChI=1S/C18H16O/c1-3-11-18(12-4-2)15-10-6-8-13-7-5-9-14(16(13)15)17(18)19/h3-10H,1-2,11-12H2. The van der Waals surface area contributed by atoms with Gasteiger partial charge in [0.1, 0.15) is 0 Å². The molecule has 0 aromatic heterocycles. The number of hydrogen-bond donors (Lipinski definition) is 0. The molecule has 0 fully saturated rings. The van der Waals surface area contributed by atoms with E-state index in [4.69, 9.17) is 0 Å². The van der Waals surface area contributed by atoms with Crippen LogP contribution in [0.1, 0.15) is 28.8 Å². The molecule has 2 aromatic rings. The summed E-state index contributed by atoms with van der Waals surface area (Å²) in [6, 6.07) is 12.1. The smallest absolute Gasteiger partial charge is 0.174 e. The summed E-state index contributed by atoms with van der Waals surface area (Å²) in [6.45, 7) is 7.65. The maximum atomic E-state index is 12.9. The quantitative estimate of drug-likeness (QED) is 0.732. The van der Waals surface area contributed by atoms with Gasteiger partial charge < -0.3 is 0 Å². The van der Waals surface area contributed by atoms with E-state index in [-0.39, 0.29) is 5.78 Å². The molecular weight excluding hydrogens is 232 g/mol. The van der Waals surface area contributed by atoms with Crippen LogP contribution in [0.2, 0.25) is 0 Å². The molecule has 0 saturated carbocycles. The molecule has 1 aliphatic carbocycles. The summed E-state index contributed by atoms with van der Waals surface area (Å²) in [7, 11) is 0. The first kappa shape index (κ1) is 11.9. The predicted molar refractivity (Wildman–Crippen MR) is 79.6 cm³/mol. The van der Waals surface area contributed by atoms with Crippen LogP contribution in [0, 0.1) is 0 Å². The van der Waals surface area contributed by atoms with Gasteiger partial charge in [-0.25, -0.2) is 0 Å². The lowest BCUT2D eigenvalue weighted by Crippen LogP contribution is -2.31. The van der Waals surface area contributed by atoms with Crippen molar-refractivity contribution in [3.05, 3.63) is 72.8 Å². The Kier molecular flexibility index (Phi) is 2.63. The van der Waals surface area contributed by atoms with Gasteiger partial charge in [-0.2, -0.15) is 0 Å². The molecule has 2 aromatic carbocycles. The van der Waals surface area contributed by atoms with Crippen LogP contribution in [0.5, 0.6) is 0 Å². The van der Waals surface area contributed by atoms with Crippen molar-refractivity contribution in [2.75, 3.05) is 0 Å². The maximum absolute atomic E-state index is 12.9. The van der Waals surface area contributed by atoms with Gasteiger partial charge in [-0.1, -0.05) is 48.6 Å². The van der Waals surface area contributed by atoms with Gasteiger partial charge in [0.25, 0.3) is 0 Å². The van der Waals surface area contributed by atoms with Gasteiger partial charge >= 0.3 is 0 Å². The van der Waals surface area contributed by atoms with Crippen LogP contribution in [-0.4, -0.2) is 5.78 Å². The Morgan fingerprint density at radius 2 is 1.63 bits per heavy atom. The van der Waals surface area contributed by atoms with Gasteiger partial charge in [0, 0.05) is 5.56 Å². The number of carbonyl (C=O) groups excluding carboxylic acids is 1. The van der Waals surface area contributed by atoms with E-state index in [1.54, 1.807) is 0 Å². The molecule has 1 heteroatoms. The Bertz CT molecular complexity index is 679. The van der Waals surface area contributed by atoms with Gasteiger partial charge in [0.2, 0.25) is 0 Å². The number of benzene rings is 2. The fourth-order valence-corrected chi connectivity index (χ4v) is 3.29. The van der Waals surface area contributed by atoms with Crippen LogP contribution < -0.4 is 0 Å². The Labute approximate surface area is 113 Å². The Balaban J connectivity index is 2.38. The second-order valence-corrected chi connectivity index (χ2v) is 5.11. The molecule has 1 nitrogen and oxygen atoms in total. The van der Waals surface area contributed by atoms with Crippen molar-refractivity contribution in [2.45, 2.75) is 18.3 Å². The van der Waals surface area contributed by atoms with Crippen LogP contribution in [-0.2, 0) is 5.41 Å². The largest absolute Gasteiger partial charge is 0.293 e. The molecule has 0 unspecified atom stereocenters. The van der Waals surface area contributed by atoms with Crippen LogP contribution in [0.3, 0.4) is 0 Å². The third kappa shape index (κ3) is 1.45. The summed E-state index contributed by atoms with van der Waals surface area (Å²) in [4.78, 5) is 12.9. The van der Waals surface area contributed by atoms with Crippen LogP contribution in [0.15, 0.2) is 61.7 Å². The summed E-state index contributed by atoms with van der Waals surface area (Å²) in [6.07, 6.45) is 5.00. The predicted octanol–water partition coefficient (Wildman–Crippen LogP) is 4.43. The molecule has 0 N–H and O–H groups in total. The maximum Gasteiger partial charge on any atom is 0.174 e. The summed E-state index contributed by atoms with van der Waals surface area (Å²) in [5.41, 5.74) is 1.48. The van der Waals surface area contributed by atoms with E-state index in [0.717, 1.165) is 21.9 Å².